The molecule has 0 amide bonds. The van der Waals surface area contributed by atoms with Crippen molar-refractivity contribution in [2.24, 2.45) is 0 Å². The first-order valence-electron chi connectivity index (χ1n) is 7.09. The van der Waals surface area contributed by atoms with Crippen molar-refractivity contribution in [2.45, 2.75) is 33.6 Å². The monoisotopic (exact) mass is 297 g/mol. The Hall–Kier alpha value is -2.12. The lowest BCUT2D eigenvalue weighted by Crippen LogP contribution is -2.00. The second kappa shape index (κ2) is 7.05. The minimum atomic E-state index is 0.570. The van der Waals surface area contributed by atoms with Crippen LogP contribution in [0.4, 0.5) is 5.69 Å². The summed E-state index contributed by atoms with van der Waals surface area (Å²) >= 11 is 1.50. The Balaban J connectivity index is 2.33. The molecule has 3 nitrogen and oxygen atoms in total. The molecule has 0 spiro atoms. The van der Waals surface area contributed by atoms with Crippen molar-refractivity contribution in [2.75, 3.05) is 5.32 Å². The SMILES string of the molecule is CCc1cccc(CC)c1N/C=C(\C#N)c1nc(C)cs1. The maximum atomic E-state index is 9.33. The average molecular weight is 297 g/mol. The van der Waals surface area contributed by atoms with Crippen LogP contribution in [0.3, 0.4) is 0 Å². The summed E-state index contributed by atoms with van der Waals surface area (Å²) in [6, 6.07) is 8.55. The van der Waals surface area contributed by atoms with Gasteiger partial charge in [-0.3, -0.25) is 0 Å². The molecule has 2 aromatic rings. The fourth-order valence-corrected chi connectivity index (χ4v) is 2.95. The summed E-state index contributed by atoms with van der Waals surface area (Å²) in [5.74, 6) is 0. The van der Waals surface area contributed by atoms with Crippen molar-refractivity contribution in [3.05, 3.63) is 51.6 Å². The fraction of sp³-hybridized carbons (Fsp3) is 0.294. The molecule has 1 N–H and O–H groups in total. The Morgan fingerprint density at radius 2 is 2.00 bits per heavy atom. The number of hydrogen-bond donors (Lipinski definition) is 1. The third kappa shape index (κ3) is 3.50. The van der Waals surface area contributed by atoms with Gasteiger partial charge in [-0.1, -0.05) is 32.0 Å². The Morgan fingerprint density at radius 1 is 1.33 bits per heavy atom. The van der Waals surface area contributed by atoms with Gasteiger partial charge in [0, 0.05) is 23.0 Å². The summed E-state index contributed by atoms with van der Waals surface area (Å²) in [5.41, 5.74) is 5.15. The van der Waals surface area contributed by atoms with Gasteiger partial charge in [0.2, 0.25) is 0 Å². The molecule has 21 heavy (non-hydrogen) atoms. The van der Waals surface area contributed by atoms with E-state index in [1.807, 2.05) is 12.3 Å². The van der Waals surface area contributed by atoms with E-state index >= 15 is 0 Å². The van der Waals surface area contributed by atoms with E-state index in [0.29, 0.717) is 5.57 Å². The van der Waals surface area contributed by atoms with E-state index < -0.39 is 0 Å². The molecule has 0 fully saturated rings. The molecule has 2 rings (SSSR count). The number of allylic oxidation sites excluding steroid dienone is 1. The van der Waals surface area contributed by atoms with Crippen LogP contribution in [0.2, 0.25) is 0 Å². The van der Waals surface area contributed by atoms with Gasteiger partial charge in [-0.05, 0) is 30.9 Å². The Morgan fingerprint density at radius 3 is 2.48 bits per heavy atom. The number of hydrogen-bond acceptors (Lipinski definition) is 4. The highest BCUT2D eigenvalue weighted by atomic mass is 32.1. The van der Waals surface area contributed by atoms with Gasteiger partial charge in [0.25, 0.3) is 0 Å². The zero-order valence-electron chi connectivity index (χ0n) is 12.6. The van der Waals surface area contributed by atoms with E-state index in [9.17, 15) is 5.26 Å². The van der Waals surface area contributed by atoms with Crippen molar-refractivity contribution in [3.8, 4) is 6.07 Å². The topological polar surface area (TPSA) is 48.7 Å². The van der Waals surface area contributed by atoms with Gasteiger partial charge in [-0.2, -0.15) is 5.26 Å². The van der Waals surface area contributed by atoms with Crippen LogP contribution in [0.1, 0.15) is 35.7 Å². The number of aryl methyl sites for hydroxylation is 3. The maximum absolute atomic E-state index is 9.33. The summed E-state index contributed by atoms with van der Waals surface area (Å²) < 4.78 is 0. The van der Waals surface area contributed by atoms with Crippen molar-refractivity contribution in [1.29, 1.82) is 5.26 Å². The molecule has 0 saturated heterocycles. The Kier molecular flexibility index (Phi) is 5.13. The molecule has 0 atom stereocenters. The molecule has 1 heterocycles. The number of nitrogens with zero attached hydrogens (tertiary/aromatic N) is 2. The zero-order chi connectivity index (χ0) is 15.2. The van der Waals surface area contributed by atoms with Gasteiger partial charge >= 0.3 is 0 Å². The summed E-state index contributed by atoms with van der Waals surface area (Å²) in [4.78, 5) is 4.37. The molecule has 0 unspecified atom stereocenters. The van der Waals surface area contributed by atoms with Gasteiger partial charge in [-0.25, -0.2) is 4.98 Å². The lowest BCUT2D eigenvalue weighted by Gasteiger charge is -2.12. The average Bonchev–Trinajstić information content (AvgIpc) is 2.94. The van der Waals surface area contributed by atoms with Gasteiger partial charge in [0.05, 0.1) is 0 Å². The van der Waals surface area contributed by atoms with Crippen molar-refractivity contribution >= 4 is 22.6 Å². The number of nitriles is 1. The minimum Gasteiger partial charge on any atom is -0.360 e. The molecule has 0 aliphatic heterocycles. The highest BCUT2D eigenvalue weighted by molar-refractivity contribution is 7.10. The number of para-hydroxylation sites is 1. The molecule has 1 aromatic heterocycles. The molecular formula is C17H19N3S. The second-order valence-corrected chi connectivity index (χ2v) is 5.62. The highest BCUT2D eigenvalue weighted by Gasteiger charge is 2.08. The number of nitrogens with one attached hydrogen (secondary N) is 1. The van der Waals surface area contributed by atoms with Crippen LogP contribution in [0.25, 0.3) is 5.57 Å². The van der Waals surface area contributed by atoms with Crippen LogP contribution >= 0.6 is 11.3 Å². The van der Waals surface area contributed by atoms with Gasteiger partial charge in [-0.15, -0.1) is 11.3 Å². The van der Waals surface area contributed by atoms with E-state index in [0.717, 1.165) is 29.2 Å². The van der Waals surface area contributed by atoms with E-state index in [4.69, 9.17) is 0 Å². The first-order chi connectivity index (χ1) is 10.2. The molecular weight excluding hydrogens is 278 g/mol. The normalized spacial score (nSPS) is 11.2. The van der Waals surface area contributed by atoms with Crippen molar-refractivity contribution < 1.29 is 0 Å². The number of thiazole rings is 1. The number of benzene rings is 1. The second-order valence-electron chi connectivity index (χ2n) is 4.77. The van der Waals surface area contributed by atoms with Crippen LogP contribution in [0, 0.1) is 18.3 Å². The molecule has 4 heteroatoms. The molecule has 0 radical (unpaired) electrons. The molecule has 0 aliphatic rings. The molecule has 0 aliphatic carbocycles. The van der Waals surface area contributed by atoms with E-state index in [2.05, 4.69) is 48.4 Å². The highest BCUT2D eigenvalue weighted by Crippen LogP contribution is 2.24. The lowest BCUT2D eigenvalue weighted by molar-refractivity contribution is 1.09. The minimum absolute atomic E-state index is 0.570. The standard InChI is InChI=1S/C17H19N3S/c1-4-13-7-6-8-14(5-2)16(13)19-10-15(9-18)17-20-12(3)11-21-17/h6-8,10-11,19H,4-5H2,1-3H3/b15-10+. The third-order valence-corrected chi connectivity index (χ3v) is 4.32. The van der Waals surface area contributed by atoms with Crippen LogP contribution in [-0.4, -0.2) is 4.98 Å². The lowest BCUT2D eigenvalue weighted by atomic mass is 10.0. The van der Waals surface area contributed by atoms with Gasteiger partial charge in [0.15, 0.2) is 0 Å². The van der Waals surface area contributed by atoms with Crippen LogP contribution in [-0.2, 0) is 12.8 Å². The summed E-state index contributed by atoms with van der Waals surface area (Å²) in [7, 11) is 0. The number of anilines is 1. The quantitative estimate of drug-likeness (QED) is 0.823. The van der Waals surface area contributed by atoms with E-state index in [-0.39, 0.29) is 0 Å². The van der Waals surface area contributed by atoms with Crippen LogP contribution < -0.4 is 5.32 Å². The smallest absolute Gasteiger partial charge is 0.135 e. The zero-order valence-corrected chi connectivity index (χ0v) is 13.4. The maximum Gasteiger partial charge on any atom is 0.135 e. The van der Waals surface area contributed by atoms with Crippen LogP contribution in [0.15, 0.2) is 29.8 Å². The van der Waals surface area contributed by atoms with Crippen molar-refractivity contribution in [3.63, 3.8) is 0 Å². The summed E-state index contributed by atoms with van der Waals surface area (Å²) in [5, 5.41) is 15.4. The molecule has 1 aromatic carbocycles. The third-order valence-electron chi connectivity index (χ3n) is 3.33. The summed E-state index contributed by atoms with van der Waals surface area (Å²) in [6.45, 7) is 6.21. The number of rotatable bonds is 5. The first-order valence-corrected chi connectivity index (χ1v) is 7.97. The molecule has 0 bridgehead atoms. The fourth-order valence-electron chi connectivity index (χ4n) is 2.19. The predicted octanol–water partition coefficient (Wildman–Crippen LogP) is 4.55. The van der Waals surface area contributed by atoms with E-state index in [1.165, 1.54) is 22.5 Å². The number of aromatic nitrogens is 1. The Labute approximate surface area is 130 Å². The van der Waals surface area contributed by atoms with Crippen molar-refractivity contribution in [1.82, 2.24) is 4.98 Å². The first kappa shape index (κ1) is 15.3. The largest absolute Gasteiger partial charge is 0.360 e. The molecule has 108 valence electrons. The molecule has 0 saturated carbocycles. The Bertz CT molecular complexity index is 670. The van der Waals surface area contributed by atoms with E-state index in [1.54, 1.807) is 6.20 Å². The van der Waals surface area contributed by atoms with Crippen LogP contribution in [0.5, 0.6) is 0 Å². The predicted molar refractivity (Wildman–Crippen MR) is 89.3 cm³/mol. The van der Waals surface area contributed by atoms with Gasteiger partial charge in [0.1, 0.15) is 16.6 Å². The van der Waals surface area contributed by atoms with Gasteiger partial charge < -0.3 is 5.32 Å². The summed E-state index contributed by atoms with van der Waals surface area (Å²) in [6.07, 6.45) is 3.69.